The van der Waals surface area contributed by atoms with Gasteiger partial charge in [0.05, 0.1) is 5.56 Å². The van der Waals surface area contributed by atoms with Crippen LogP contribution in [-0.2, 0) is 6.54 Å². The zero-order chi connectivity index (χ0) is 15.9. The summed E-state index contributed by atoms with van der Waals surface area (Å²) in [6.45, 7) is 4.91. The summed E-state index contributed by atoms with van der Waals surface area (Å²) in [7, 11) is 0. The normalized spacial score (nSPS) is 12.1. The van der Waals surface area contributed by atoms with Crippen LogP contribution in [0.4, 0.5) is 0 Å². The minimum absolute atomic E-state index is 0.334. The molecule has 2 aromatic rings. The topological polar surface area (TPSA) is 49.3 Å². The van der Waals surface area contributed by atoms with Crippen molar-refractivity contribution in [2.45, 2.75) is 31.3 Å². The Kier molecular flexibility index (Phi) is 6.04. The van der Waals surface area contributed by atoms with E-state index >= 15 is 0 Å². The molecule has 0 bridgehead atoms. The average molecular weight is 315 g/mol. The first-order chi connectivity index (χ1) is 10.5. The lowest BCUT2D eigenvalue weighted by molar-refractivity contribution is 0.0696. The Hall–Kier alpha value is -1.78. The fourth-order valence-electron chi connectivity index (χ4n) is 2.02. The van der Waals surface area contributed by atoms with Gasteiger partial charge in [-0.25, -0.2) is 4.79 Å². The molecule has 0 radical (unpaired) electrons. The predicted octanol–water partition coefficient (Wildman–Crippen LogP) is 3.96. The van der Waals surface area contributed by atoms with Crippen molar-refractivity contribution in [3.63, 3.8) is 0 Å². The summed E-state index contributed by atoms with van der Waals surface area (Å²) in [5.41, 5.74) is 2.60. The molecule has 2 rings (SSSR count). The molecule has 0 aliphatic rings. The van der Waals surface area contributed by atoms with E-state index in [1.165, 1.54) is 10.5 Å². The fraction of sp³-hybridized carbons (Fsp3) is 0.278. The molecule has 4 heteroatoms. The molecule has 0 heterocycles. The maximum Gasteiger partial charge on any atom is 0.335 e. The van der Waals surface area contributed by atoms with Gasteiger partial charge in [-0.05, 0) is 43.7 Å². The third-order valence-electron chi connectivity index (χ3n) is 3.35. The zero-order valence-corrected chi connectivity index (χ0v) is 13.7. The fourth-order valence-corrected chi connectivity index (χ4v) is 2.91. The van der Waals surface area contributed by atoms with Gasteiger partial charge in [-0.3, -0.25) is 0 Å². The second kappa shape index (κ2) is 8.01. The number of nitrogens with one attached hydrogen (secondary N) is 1. The van der Waals surface area contributed by atoms with Crippen molar-refractivity contribution in [1.82, 2.24) is 5.32 Å². The molecule has 116 valence electrons. The van der Waals surface area contributed by atoms with E-state index in [0.29, 0.717) is 18.2 Å². The van der Waals surface area contributed by atoms with E-state index in [9.17, 15) is 4.79 Å². The van der Waals surface area contributed by atoms with E-state index in [2.05, 4.69) is 43.4 Å². The summed E-state index contributed by atoms with van der Waals surface area (Å²) < 4.78 is 0. The van der Waals surface area contributed by atoms with Crippen LogP contribution in [-0.4, -0.2) is 22.9 Å². The Balaban J connectivity index is 1.80. The quantitative estimate of drug-likeness (QED) is 0.759. The van der Waals surface area contributed by atoms with Gasteiger partial charge in [-0.1, -0.05) is 29.8 Å². The van der Waals surface area contributed by atoms with Crippen LogP contribution in [0, 0.1) is 6.92 Å². The van der Waals surface area contributed by atoms with E-state index < -0.39 is 5.97 Å². The molecule has 2 N–H and O–H groups in total. The summed E-state index contributed by atoms with van der Waals surface area (Å²) in [5.74, 6) is 0.0895. The SMILES string of the molecule is Cc1ccc(SCC(C)NCc2cccc(C(=O)O)c2)cc1. The van der Waals surface area contributed by atoms with E-state index in [-0.39, 0.29) is 0 Å². The van der Waals surface area contributed by atoms with Crippen molar-refractivity contribution < 1.29 is 9.90 Å². The maximum absolute atomic E-state index is 11.0. The zero-order valence-electron chi connectivity index (χ0n) is 12.9. The summed E-state index contributed by atoms with van der Waals surface area (Å²) >= 11 is 1.82. The molecule has 0 saturated heterocycles. The van der Waals surface area contributed by atoms with Crippen LogP contribution in [0.25, 0.3) is 0 Å². The first-order valence-corrected chi connectivity index (χ1v) is 8.28. The molecule has 0 fully saturated rings. The Morgan fingerprint density at radius 1 is 1.23 bits per heavy atom. The van der Waals surface area contributed by atoms with Crippen molar-refractivity contribution in [1.29, 1.82) is 0 Å². The summed E-state index contributed by atoms with van der Waals surface area (Å²) in [6.07, 6.45) is 0. The average Bonchev–Trinajstić information content (AvgIpc) is 2.52. The number of hydrogen-bond donors (Lipinski definition) is 2. The molecule has 0 aliphatic heterocycles. The third kappa shape index (κ3) is 5.20. The van der Waals surface area contributed by atoms with Gasteiger partial charge in [-0.2, -0.15) is 0 Å². The highest BCUT2D eigenvalue weighted by Gasteiger charge is 2.06. The predicted molar refractivity (Wildman–Crippen MR) is 91.6 cm³/mol. The van der Waals surface area contributed by atoms with Crippen molar-refractivity contribution in [3.8, 4) is 0 Å². The minimum atomic E-state index is -0.884. The number of carboxylic acids is 1. The van der Waals surface area contributed by atoms with Crippen LogP contribution in [0.5, 0.6) is 0 Å². The molecule has 2 aromatic carbocycles. The maximum atomic E-state index is 11.0. The number of rotatable bonds is 7. The largest absolute Gasteiger partial charge is 0.478 e. The van der Waals surface area contributed by atoms with Crippen LogP contribution in [0.2, 0.25) is 0 Å². The van der Waals surface area contributed by atoms with Crippen LogP contribution in [0.1, 0.15) is 28.4 Å². The summed E-state index contributed by atoms with van der Waals surface area (Å²) in [6, 6.07) is 15.9. The van der Waals surface area contributed by atoms with Gasteiger partial charge in [0.25, 0.3) is 0 Å². The molecule has 3 nitrogen and oxygen atoms in total. The van der Waals surface area contributed by atoms with Crippen molar-refractivity contribution in [3.05, 3.63) is 65.2 Å². The molecule has 1 atom stereocenters. The van der Waals surface area contributed by atoms with Crippen molar-refractivity contribution >= 4 is 17.7 Å². The molecule has 22 heavy (non-hydrogen) atoms. The Morgan fingerprint density at radius 3 is 2.64 bits per heavy atom. The highest BCUT2D eigenvalue weighted by molar-refractivity contribution is 7.99. The van der Waals surface area contributed by atoms with Gasteiger partial charge in [0.15, 0.2) is 0 Å². The summed E-state index contributed by atoms with van der Waals surface area (Å²) in [4.78, 5) is 12.2. The lowest BCUT2D eigenvalue weighted by atomic mass is 10.1. The van der Waals surface area contributed by atoms with Gasteiger partial charge >= 0.3 is 5.97 Å². The molecule has 0 spiro atoms. The number of benzene rings is 2. The lowest BCUT2D eigenvalue weighted by Gasteiger charge is -2.14. The number of carbonyl (C=O) groups is 1. The van der Waals surface area contributed by atoms with Gasteiger partial charge in [0.1, 0.15) is 0 Å². The Labute approximate surface area is 135 Å². The molecule has 1 unspecified atom stereocenters. The van der Waals surface area contributed by atoms with E-state index in [1.54, 1.807) is 18.2 Å². The molecular weight excluding hydrogens is 294 g/mol. The van der Waals surface area contributed by atoms with Gasteiger partial charge in [0, 0.05) is 23.2 Å². The van der Waals surface area contributed by atoms with Crippen LogP contribution in [0.15, 0.2) is 53.4 Å². The highest BCUT2D eigenvalue weighted by Crippen LogP contribution is 2.19. The van der Waals surface area contributed by atoms with Crippen molar-refractivity contribution in [2.75, 3.05) is 5.75 Å². The van der Waals surface area contributed by atoms with E-state index in [1.807, 2.05) is 17.8 Å². The van der Waals surface area contributed by atoms with Gasteiger partial charge in [-0.15, -0.1) is 11.8 Å². The lowest BCUT2D eigenvalue weighted by Crippen LogP contribution is -2.27. The number of carboxylic acid groups (broad SMARTS) is 1. The minimum Gasteiger partial charge on any atom is -0.478 e. The Bertz CT molecular complexity index is 625. The third-order valence-corrected chi connectivity index (χ3v) is 4.62. The second-order valence-corrected chi connectivity index (χ2v) is 6.50. The monoisotopic (exact) mass is 315 g/mol. The van der Waals surface area contributed by atoms with E-state index in [4.69, 9.17) is 5.11 Å². The smallest absolute Gasteiger partial charge is 0.335 e. The van der Waals surface area contributed by atoms with Gasteiger partial charge in [0.2, 0.25) is 0 Å². The van der Waals surface area contributed by atoms with Crippen LogP contribution < -0.4 is 5.32 Å². The molecule has 0 saturated carbocycles. The van der Waals surface area contributed by atoms with Crippen molar-refractivity contribution in [2.24, 2.45) is 0 Å². The molecular formula is C18H21NO2S. The molecule has 0 aliphatic carbocycles. The van der Waals surface area contributed by atoms with E-state index in [0.717, 1.165) is 11.3 Å². The first kappa shape index (κ1) is 16.6. The summed E-state index contributed by atoms with van der Waals surface area (Å²) in [5, 5.41) is 12.4. The first-order valence-electron chi connectivity index (χ1n) is 7.29. The Morgan fingerprint density at radius 2 is 1.95 bits per heavy atom. The van der Waals surface area contributed by atoms with Crippen LogP contribution >= 0.6 is 11.8 Å². The number of aryl methyl sites for hydroxylation is 1. The molecule has 0 aromatic heterocycles. The highest BCUT2D eigenvalue weighted by atomic mass is 32.2. The van der Waals surface area contributed by atoms with Gasteiger partial charge < -0.3 is 10.4 Å². The standard InChI is InChI=1S/C18H21NO2S/c1-13-6-8-17(9-7-13)22-12-14(2)19-11-15-4-3-5-16(10-15)18(20)21/h3-10,14,19H,11-12H2,1-2H3,(H,20,21). The number of thioether (sulfide) groups is 1. The number of aromatic carboxylic acids is 1. The number of hydrogen-bond acceptors (Lipinski definition) is 3. The second-order valence-electron chi connectivity index (χ2n) is 5.41. The molecule has 0 amide bonds. The van der Waals surface area contributed by atoms with Crippen LogP contribution in [0.3, 0.4) is 0 Å².